The Balaban J connectivity index is -0.000000469. The zero-order chi connectivity index (χ0) is 26.6. The van der Waals surface area contributed by atoms with Gasteiger partial charge < -0.3 is 19.8 Å². The Kier molecular flexibility index (Phi) is 42.4. The number of hydrogen-bond acceptors (Lipinski definition) is 6. The Morgan fingerprint density at radius 3 is 0.892 bits per heavy atom. The number of carboxylic acid groups (broad SMARTS) is 2. The van der Waals surface area contributed by atoms with Crippen molar-refractivity contribution in [2.24, 2.45) is 0 Å². The third kappa shape index (κ3) is 44.2. The van der Waals surface area contributed by atoms with Gasteiger partial charge in [-0.25, -0.2) is 8.42 Å². The van der Waals surface area contributed by atoms with Crippen LogP contribution in [0.4, 0.5) is 0 Å². The van der Waals surface area contributed by atoms with Gasteiger partial charge in [-0.2, -0.15) is 0 Å². The number of aliphatic carboxylic acids is 2. The molecule has 0 atom stereocenters. The molecule has 37 heavy (non-hydrogen) atoms. The van der Waals surface area contributed by atoms with Crippen molar-refractivity contribution in [3.8, 4) is 0 Å². The molecule has 0 fully saturated rings. The van der Waals surface area contributed by atoms with E-state index in [-0.39, 0.29) is 59.1 Å². The van der Waals surface area contributed by atoms with Crippen LogP contribution >= 0.6 is 0 Å². The molecule has 210 valence electrons. The second kappa shape index (κ2) is 34.9. The van der Waals surface area contributed by atoms with Crippen LogP contribution < -0.4 is 69.3 Å². The average molecular weight is 565 g/mol. The van der Waals surface area contributed by atoms with Crippen LogP contribution in [0.1, 0.15) is 155 Å². The van der Waals surface area contributed by atoms with Crippen molar-refractivity contribution in [1.29, 1.82) is 0 Å². The summed E-state index contributed by atoms with van der Waals surface area (Å²) in [5.74, 6) is -1.90. The SMILES string of the molecule is CCCCCCCCCCCCS(=O)(=O)CCCCCCCCCCCC.O=C([O-])CCC(=O)[O-].[Na+].[Na+]. The molecule has 0 unspecified atom stereocenters. The monoisotopic (exact) mass is 564 g/mol. The summed E-state index contributed by atoms with van der Waals surface area (Å²) >= 11 is 0. The first kappa shape index (κ1) is 44.9. The van der Waals surface area contributed by atoms with E-state index in [0.717, 1.165) is 25.7 Å². The zero-order valence-electron chi connectivity index (χ0n) is 24.8. The predicted octanol–water partition coefficient (Wildman–Crippen LogP) is -0.483. The van der Waals surface area contributed by atoms with Crippen LogP contribution in [0.5, 0.6) is 0 Å². The van der Waals surface area contributed by atoms with Crippen LogP contribution in [0.2, 0.25) is 0 Å². The van der Waals surface area contributed by atoms with E-state index >= 15 is 0 Å². The molecule has 0 saturated carbocycles. The van der Waals surface area contributed by atoms with Crippen LogP contribution in [0, 0.1) is 0 Å². The Labute approximate surface area is 273 Å². The quantitative estimate of drug-likeness (QED) is 0.109. The number of carboxylic acids is 2. The Morgan fingerprint density at radius 1 is 0.459 bits per heavy atom. The van der Waals surface area contributed by atoms with E-state index in [9.17, 15) is 28.2 Å². The summed E-state index contributed by atoms with van der Waals surface area (Å²) in [5.41, 5.74) is 0. The summed E-state index contributed by atoms with van der Waals surface area (Å²) in [6, 6.07) is 0. The summed E-state index contributed by atoms with van der Waals surface area (Å²) in [5, 5.41) is 19.0. The van der Waals surface area contributed by atoms with Gasteiger partial charge in [-0.3, -0.25) is 0 Å². The maximum absolute atomic E-state index is 12.1. The Hall–Kier alpha value is 0.890. The molecule has 0 aromatic carbocycles. The van der Waals surface area contributed by atoms with Gasteiger partial charge in [0.2, 0.25) is 0 Å². The van der Waals surface area contributed by atoms with Crippen LogP contribution in [-0.2, 0) is 19.4 Å². The maximum atomic E-state index is 12.1. The number of carbonyl (C=O) groups excluding carboxylic acids is 2. The van der Waals surface area contributed by atoms with Gasteiger partial charge in [-0.1, -0.05) is 129 Å². The minimum atomic E-state index is -2.80. The molecule has 0 amide bonds. The van der Waals surface area contributed by atoms with E-state index < -0.39 is 34.6 Å². The van der Waals surface area contributed by atoms with E-state index in [1.807, 2.05) is 0 Å². The van der Waals surface area contributed by atoms with Gasteiger partial charge in [-0.05, 0) is 25.7 Å². The maximum Gasteiger partial charge on any atom is 1.00 e. The molecule has 9 heteroatoms. The fourth-order valence-corrected chi connectivity index (χ4v) is 5.42. The molecular formula is C28H54Na2O6S. The second-order valence-corrected chi connectivity index (χ2v) is 12.1. The summed E-state index contributed by atoms with van der Waals surface area (Å²) in [7, 11) is -2.80. The van der Waals surface area contributed by atoms with Crippen LogP contribution in [0.25, 0.3) is 0 Å². The standard InChI is InChI=1S/C24H50O2S.C4H6O4.2Na/c1-3-5-7-9-11-13-15-17-19-21-23-27(25,26)24-22-20-18-16-14-12-10-8-6-4-2;5-3(6)1-2-4(7)8;;/h3-24H2,1-2H3;1-2H2,(H,5,6)(H,7,8);;/q;;2*+1/p-2. The predicted molar refractivity (Wildman–Crippen MR) is 142 cm³/mol. The molecule has 0 rings (SSSR count). The number of rotatable bonds is 25. The van der Waals surface area contributed by atoms with Crippen molar-refractivity contribution < 1.29 is 87.3 Å². The van der Waals surface area contributed by atoms with Gasteiger partial charge in [0.25, 0.3) is 0 Å². The molecule has 0 saturated heterocycles. The summed E-state index contributed by atoms with van der Waals surface area (Å²) in [6.07, 6.45) is 24.2. The zero-order valence-corrected chi connectivity index (χ0v) is 29.6. The van der Waals surface area contributed by atoms with Crippen molar-refractivity contribution in [2.75, 3.05) is 11.5 Å². The number of sulfone groups is 1. The number of unbranched alkanes of at least 4 members (excludes halogenated alkanes) is 18. The molecule has 0 aliphatic heterocycles. The molecular weight excluding hydrogens is 510 g/mol. The van der Waals surface area contributed by atoms with Gasteiger partial charge >= 0.3 is 59.1 Å². The molecule has 0 bridgehead atoms. The molecule has 6 nitrogen and oxygen atoms in total. The molecule has 0 heterocycles. The van der Waals surface area contributed by atoms with Crippen molar-refractivity contribution >= 4 is 21.8 Å². The first-order valence-corrected chi connectivity index (χ1v) is 16.2. The Bertz CT molecular complexity index is 541. The second-order valence-electron chi connectivity index (χ2n) is 9.76. The topological polar surface area (TPSA) is 114 Å². The summed E-state index contributed by atoms with van der Waals surface area (Å²) in [6.45, 7) is 4.51. The van der Waals surface area contributed by atoms with Crippen LogP contribution in [0.3, 0.4) is 0 Å². The first-order chi connectivity index (χ1) is 16.7. The van der Waals surface area contributed by atoms with Gasteiger partial charge in [0.05, 0.1) is 11.5 Å². The third-order valence-corrected chi connectivity index (χ3v) is 7.97. The molecule has 0 N–H and O–H groups in total. The minimum absolute atomic E-state index is 0. The first-order valence-electron chi connectivity index (χ1n) is 14.3. The van der Waals surface area contributed by atoms with Crippen molar-refractivity contribution in [2.45, 2.75) is 155 Å². The van der Waals surface area contributed by atoms with Gasteiger partial charge in [0, 0.05) is 11.9 Å². The number of hydrogen-bond donors (Lipinski definition) is 0. The smallest absolute Gasteiger partial charge is 0.550 e. The largest absolute Gasteiger partial charge is 1.00 e. The van der Waals surface area contributed by atoms with E-state index in [4.69, 9.17) is 0 Å². The average Bonchev–Trinajstić information content (AvgIpc) is 2.80. The van der Waals surface area contributed by atoms with Crippen LogP contribution in [-0.4, -0.2) is 31.9 Å². The summed E-state index contributed by atoms with van der Waals surface area (Å²) < 4.78 is 24.2. The van der Waals surface area contributed by atoms with Crippen LogP contribution in [0.15, 0.2) is 0 Å². The van der Waals surface area contributed by atoms with Gasteiger partial charge in [-0.15, -0.1) is 0 Å². The Morgan fingerprint density at radius 2 is 0.676 bits per heavy atom. The molecule has 0 aromatic heterocycles. The van der Waals surface area contributed by atoms with Crippen molar-refractivity contribution in [1.82, 2.24) is 0 Å². The normalized spacial score (nSPS) is 10.5. The molecule has 0 radical (unpaired) electrons. The fourth-order valence-electron chi connectivity index (χ4n) is 3.93. The molecule has 0 aliphatic carbocycles. The van der Waals surface area contributed by atoms with E-state index in [1.165, 1.54) is 103 Å². The summed E-state index contributed by atoms with van der Waals surface area (Å²) in [4.78, 5) is 19.0. The molecule has 0 aromatic rings. The van der Waals surface area contributed by atoms with Crippen molar-refractivity contribution in [3.05, 3.63) is 0 Å². The van der Waals surface area contributed by atoms with Crippen molar-refractivity contribution in [3.63, 3.8) is 0 Å². The molecule has 0 spiro atoms. The van der Waals surface area contributed by atoms with Gasteiger partial charge in [0.15, 0.2) is 0 Å². The van der Waals surface area contributed by atoms with Gasteiger partial charge in [0.1, 0.15) is 9.84 Å². The number of carbonyl (C=O) groups is 2. The van der Waals surface area contributed by atoms with E-state index in [2.05, 4.69) is 13.8 Å². The minimum Gasteiger partial charge on any atom is -0.550 e. The van der Waals surface area contributed by atoms with E-state index in [1.54, 1.807) is 0 Å². The third-order valence-electron chi connectivity index (χ3n) is 6.15. The fraction of sp³-hybridized carbons (Fsp3) is 0.929. The molecule has 0 aliphatic rings. The van der Waals surface area contributed by atoms with E-state index in [0.29, 0.717) is 11.5 Å².